The third kappa shape index (κ3) is 20.2. The molecule has 1 N–H and O–H groups in total. The summed E-state index contributed by atoms with van der Waals surface area (Å²) in [7, 11) is -11.4. The van der Waals surface area contributed by atoms with E-state index >= 15 is 0 Å². The average molecular weight is 412 g/mol. The summed E-state index contributed by atoms with van der Waals surface area (Å²) in [4.78, 5) is 67.3. The fourth-order valence-electron chi connectivity index (χ4n) is 0.807. The number of rotatable bonds is 7. The molecule has 0 atom stereocenters. The van der Waals surface area contributed by atoms with Gasteiger partial charge in [0.25, 0.3) is 0 Å². The summed E-state index contributed by atoms with van der Waals surface area (Å²) in [6.07, 6.45) is -2.72. The summed E-state index contributed by atoms with van der Waals surface area (Å²) in [5.74, 6) is -5.98. The topological polar surface area (TPSA) is 276 Å². The molecule has 24 heavy (non-hydrogen) atoms. The van der Waals surface area contributed by atoms with Crippen LogP contribution in [-0.2, 0) is 27.8 Å². The van der Waals surface area contributed by atoms with E-state index in [0.717, 1.165) is 0 Å². The Kier molecular flexibility index (Phi) is 16.6. The van der Waals surface area contributed by atoms with Gasteiger partial charge in [-0.3, -0.25) is 0 Å². The van der Waals surface area contributed by atoms with Crippen LogP contribution in [0.3, 0.4) is 0 Å². The first-order chi connectivity index (χ1) is 9.48. The van der Waals surface area contributed by atoms with Crippen molar-refractivity contribution in [2.75, 3.05) is 0 Å². The van der Waals surface area contributed by atoms with Crippen LogP contribution in [0.4, 0.5) is 0 Å². The Hall–Kier alpha value is 0.162. The Bertz CT molecular complexity index is 485. The zero-order valence-electron chi connectivity index (χ0n) is 11.5. The van der Waals surface area contributed by atoms with Crippen molar-refractivity contribution in [1.29, 1.82) is 0 Å². The van der Waals surface area contributed by atoms with E-state index in [2.05, 4.69) is 4.31 Å². The molecule has 0 radical (unpaired) electrons. The molecule has 0 bridgehead atoms. The number of carbonyl (C=O) groups is 3. The minimum atomic E-state index is -5.68. The molecule has 0 aromatic rings. The maximum atomic E-state index is 10.1. The number of phosphoric acid groups is 2. The summed E-state index contributed by atoms with van der Waals surface area (Å²) < 4.78 is 21.2. The van der Waals surface area contributed by atoms with Gasteiger partial charge in [0.05, 0.1) is 21.6 Å². The van der Waals surface area contributed by atoms with Gasteiger partial charge in [0.1, 0.15) is 5.60 Å². The summed E-state index contributed by atoms with van der Waals surface area (Å²) in [6.45, 7) is 0. The van der Waals surface area contributed by atoms with Gasteiger partial charge in [-0.25, -0.2) is 0 Å². The van der Waals surface area contributed by atoms with E-state index in [4.69, 9.17) is 5.11 Å². The van der Waals surface area contributed by atoms with E-state index in [1.165, 1.54) is 0 Å². The fourth-order valence-corrected chi connectivity index (χ4v) is 1.79. The van der Waals surface area contributed by atoms with Crippen LogP contribution < -0.4 is 34.9 Å². The van der Waals surface area contributed by atoms with Crippen molar-refractivity contribution >= 4 is 79.7 Å². The van der Waals surface area contributed by atoms with Crippen molar-refractivity contribution in [2.24, 2.45) is 0 Å². The average Bonchev–Trinajstić information content (AvgIpc) is 2.08. The van der Waals surface area contributed by atoms with Crippen molar-refractivity contribution in [3.8, 4) is 0 Å². The first-order valence-electron chi connectivity index (χ1n) is 4.57. The van der Waals surface area contributed by atoms with E-state index in [1.807, 2.05) is 0 Å². The summed E-state index contributed by atoms with van der Waals surface area (Å²) in [5, 5.41) is 38.9. The molecule has 14 nitrogen and oxygen atoms in total. The molecule has 0 aliphatic heterocycles. The van der Waals surface area contributed by atoms with Gasteiger partial charge in [-0.2, -0.15) is 0 Å². The Labute approximate surface area is 165 Å². The quantitative estimate of drug-likeness (QED) is 0.300. The third-order valence-corrected chi connectivity index (χ3v) is 3.05. The number of hydrogen-bond acceptors (Lipinski definition) is 14. The zero-order valence-corrected chi connectivity index (χ0v) is 16.1. The number of carboxylic acids is 3. The second-order valence-electron chi connectivity index (χ2n) is 3.39. The number of hydrogen-bond donors (Lipinski definition) is 1. The Morgan fingerprint density at radius 3 is 1.17 bits per heavy atom. The number of carboxylic acid groups (broad SMARTS) is 3. The van der Waals surface area contributed by atoms with Crippen molar-refractivity contribution in [3.63, 3.8) is 0 Å². The van der Waals surface area contributed by atoms with Crippen LogP contribution in [0.15, 0.2) is 0 Å². The molecule has 0 amide bonds. The van der Waals surface area contributed by atoms with Crippen LogP contribution in [-0.4, -0.2) is 74.7 Å². The monoisotopic (exact) mass is 411 g/mol. The molecule has 18 heteroatoms. The van der Waals surface area contributed by atoms with Crippen molar-refractivity contribution < 1.29 is 67.8 Å². The van der Waals surface area contributed by atoms with Gasteiger partial charge in [0, 0.05) is 24.8 Å². The Morgan fingerprint density at radius 1 is 0.833 bits per heavy atom. The SMILES string of the molecule is O=C([O-])CC(O)(CC(=O)[O-])C(=O)[O-].O=P([O-])([O-])OP(=O)([O-])[O-].[Mg+2].[Mg+2]. The van der Waals surface area contributed by atoms with E-state index in [1.54, 1.807) is 0 Å². The summed E-state index contributed by atoms with van der Waals surface area (Å²) in [6, 6.07) is 0. The molecule has 0 aromatic heterocycles. The number of aliphatic carboxylic acids is 3. The Balaban J connectivity index is -0.000000162. The van der Waals surface area contributed by atoms with Gasteiger partial charge < -0.3 is 67.8 Å². The van der Waals surface area contributed by atoms with Crippen LogP contribution in [0, 0.1) is 0 Å². The van der Waals surface area contributed by atoms with Gasteiger partial charge in [-0.15, -0.1) is 0 Å². The normalized spacial score (nSPS) is 11.0. The third-order valence-electron chi connectivity index (χ3n) is 1.45. The standard InChI is InChI=1S/C6H8O7.2Mg.H4O7P2/c7-3(8)1-6(13,5(11)12)2-4(9)10;;;1-8(2,3)7-9(4,5)6/h13H,1-2H2,(H,7,8)(H,9,10)(H,11,12);;;(H2,1,2,3)(H2,4,5,6)/q;2*+2;/p-7. The predicted molar refractivity (Wildman–Crippen MR) is 57.0 cm³/mol. The van der Waals surface area contributed by atoms with E-state index in [-0.39, 0.29) is 46.1 Å². The van der Waals surface area contributed by atoms with Gasteiger partial charge in [0.15, 0.2) is 0 Å². The van der Waals surface area contributed by atoms with Gasteiger partial charge in [-0.05, 0) is 0 Å². The number of carbonyl (C=O) groups excluding carboxylic acids is 3. The van der Waals surface area contributed by atoms with Crippen molar-refractivity contribution in [3.05, 3.63) is 0 Å². The molecule has 0 aliphatic rings. The molecule has 0 fully saturated rings. The second-order valence-corrected chi connectivity index (χ2v) is 5.83. The first kappa shape index (κ1) is 31.9. The summed E-state index contributed by atoms with van der Waals surface area (Å²) in [5.41, 5.74) is -2.97. The van der Waals surface area contributed by atoms with Crippen molar-refractivity contribution in [1.82, 2.24) is 0 Å². The van der Waals surface area contributed by atoms with Gasteiger partial charge >= 0.3 is 46.1 Å². The van der Waals surface area contributed by atoms with E-state index < -0.39 is 52.0 Å². The minimum Gasteiger partial charge on any atom is -0.790 e. The first-order valence-corrected chi connectivity index (χ1v) is 7.49. The van der Waals surface area contributed by atoms with E-state index in [0.29, 0.717) is 0 Å². The molecule has 0 heterocycles. The minimum absolute atomic E-state index is 0. The second kappa shape index (κ2) is 12.5. The molecule has 0 aromatic carbocycles. The molecular formula is C6H5Mg2O14P2-3. The molecule has 0 aliphatic carbocycles. The maximum absolute atomic E-state index is 10.1. The molecule has 0 rings (SSSR count). The van der Waals surface area contributed by atoms with Crippen LogP contribution in [0.5, 0.6) is 0 Å². The van der Waals surface area contributed by atoms with Crippen LogP contribution in [0.1, 0.15) is 12.8 Å². The fraction of sp³-hybridized carbons (Fsp3) is 0.500. The Morgan fingerprint density at radius 2 is 1.08 bits per heavy atom. The van der Waals surface area contributed by atoms with Crippen LogP contribution in [0.2, 0.25) is 0 Å². The zero-order chi connectivity index (χ0) is 18.4. The molecule has 0 saturated heterocycles. The summed E-state index contributed by atoms with van der Waals surface area (Å²) >= 11 is 0. The molecule has 0 spiro atoms. The predicted octanol–water partition coefficient (Wildman–Crippen LogP) is -9.35. The molecule has 130 valence electrons. The molecular weight excluding hydrogens is 407 g/mol. The molecule has 0 unspecified atom stereocenters. The maximum Gasteiger partial charge on any atom is 2.00 e. The van der Waals surface area contributed by atoms with Crippen molar-refractivity contribution in [2.45, 2.75) is 18.4 Å². The van der Waals surface area contributed by atoms with E-state index in [9.17, 15) is 58.4 Å². The van der Waals surface area contributed by atoms with Gasteiger partial charge in [-0.1, -0.05) is 0 Å². The van der Waals surface area contributed by atoms with Crippen LogP contribution in [0.25, 0.3) is 0 Å². The van der Waals surface area contributed by atoms with Gasteiger partial charge in [0.2, 0.25) is 0 Å². The number of aliphatic hydroxyl groups is 1. The smallest absolute Gasteiger partial charge is 0.790 e. The van der Waals surface area contributed by atoms with Crippen LogP contribution >= 0.6 is 15.6 Å². The molecule has 0 saturated carbocycles. The largest absolute Gasteiger partial charge is 2.00 e.